The van der Waals surface area contributed by atoms with E-state index in [9.17, 15) is 8.42 Å². The van der Waals surface area contributed by atoms with E-state index in [4.69, 9.17) is 0 Å². The van der Waals surface area contributed by atoms with Gasteiger partial charge >= 0.3 is 0 Å². The lowest BCUT2D eigenvalue weighted by Crippen LogP contribution is -2.19. The number of allylic oxidation sites excluding steroid dienone is 1. The lowest BCUT2D eigenvalue weighted by Gasteiger charge is -2.13. The number of nitrogens with zero attached hydrogens (tertiary/aromatic N) is 2. The van der Waals surface area contributed by atoms with Crippen LogP contribution >= 0.6 is 0 Å². The van der Waals surface area contributed by atoms with Gasteiger partial charge < -0.3 is 0 Å². The van der Waals surface area contributed by atoms with Crippen LogP contribution in [0.5, 0.6) is 0 Å². The molecule has 1 aromatic rings. The Hall–Kier alpha value is -1.23. The molecule has 0 bridgehead atoms. The topological polar surface area (TPSA) is 59.9 Å². The molecular formula is C12H16N2O2S. The Bertz CT molecular complexity index is 480. The Morgan fingerprint density at radius 3 is 2.59 bits per heavy atom. The number of rotatable bonds is 6. The fourth-order valence-electron chi connectivity index (χ4n) is 1.98. The van der Waals surface area contributed by atoms with Gasteiger partial charge in [0.25, 0.3) is 0 Å². The average molecular weight is 252 g/mol. The molecule has 17 heavy (non-hydrogen) atoms. The molecule has 0 aromatic carbocycles. The summed E-state index contributed by atoms with van der Waals surface area (Å²) in [4.78, 5) is 7.64. The number of hydrogen-bond donors (Lipinski definition) is 0. The molecule has 1 aliphatic carbocycles. The predicted molar refractivity (Wildman–Crippen MR) is 65.1 cm³/mol. The highest BCUT2D eigenvalue weighted by Crippen LogP contribution is 2.39. The molecule has 0 radical (unpaired) electrons. The standard InChI is InChI=1S/C12H16N2O2S/c1-2-4-11(10-5-6-10)9-17(15,16)12-13-7-3-8-14-12/h2-3,7-8,10-11H,1,4-6,9H2/t11-/m0/s1. The molecule has 0 N–H and O–H groups in total. The molecule has 4 nitrogen and oxygen atoms in total. The maximum absolute atomic E-state index is 12.1. The van der Waals surface area contributed by atoms with Crippen LogP contribution in [0.1, 0.15) is 19.3 Å². The van der Waals surface area contributed by atoms with Crippen molar-refractivity contribution in [3.8, 4) is 0 Å². The first-order valence-electron chi connectivity index (χ1n) is 5.74. The van der Waals surface area contributed by atoms with Crippen molar-refractivity contribution in [2.24, 2.45) is 11.8 Å². The van der Waals surface area contributed by atoms with Gasteiger partial charge in [0.15, 0.2) is 0 Å². The summed E-state index contributed by atoms with van der Waals surface area (Å²) in [6, 6.07) is 1.61. The van der Waals surface area contributed by atoms with Crippen molar-refractivity contribution >= 4 is 9.84 Å². The Morgan fingerprint density at radius 2 is 2.06 bits per heavy atom. The number of hydrogen-bond acceptors (Lipinski definition) is 4. The molecule has 1 saturated carbocycles. The van der Waals surface area contributed by atoms with Gasteiger partial charge in [0.1, 0.15) is 0 Å². The molecule has 1 aromatic heterocycles. The van der Waals surface area contributed by atoms with Gasteiger partial charge in [0, 0.05) is 12.4 Å². The van der Waals surface area contributed by atoms with Crippen LogP contribution < -0.4 is 0 Å². The summed E-state index contributed by atoms with van der Waals surface area (Å²) in [5, 5.41) is -0.0605. The number of sulfone groups is 1. The monoisotopic (exact) mass is 252 g/mol. The minimum absolute atomic E-state index is 0.0605. The summed E-state index contributed by atoms with van der Waals surface area (Å²) in [6.45, 7) is 3.69. The highest BCUT2D eigenvalue weighted by Gasteiger charge is 2.34. The third-order valence-electron chi connectivity index (χ3n) is 3.01. The Kier molecular flexibility index (Phi) is 3.57. The zero-order chi connectivity index (χ0) is 12.3. The van der Waals surface area contributed by atoms with Gasteiger partial charge in [-0.2, -0.15) is 0 Å². The fraction of sp³-hybridized carbons (Fsp3) is 0.500. The fourth-order valence-corrected chi connectivity index (χ4v) is 3.54. The van der Waals surface area contributed by atoms with E-state index in [2.05, 4.69) is 16.5 Å². The summed E-state index contributed by atoms with van der Waals surface area (Å²) in [5.41, 5.74) is 0. The van der Waals surface area contributed by atoms with E-state index in [-0.39, 0.29) is 16.8 Å². The maximum atomic E-state index is 12.1. The van der Waals surface area contributed by atoms with Gasteiger partial charge in [-0.1, -0.05) is 6.08 Å². The molecule has 92 valence electrons. The van der Waals surface area contributed by atoms with E-state index in [0.717, 1.165) is 19.3 Å². The predicted octanol–water partition coefficient (Wildman–Crippen LogP) is 1.85. The van der Waals surface area contributed by atoms with Crippen molar-refractivity contribution in [1.82, 2.24) is 9.97 Å². The van der Waals surface area contributed by atoms with Crippen LogP contribution in [-0.2, 0) is 9.84 Å². The molecule has 1 aliphatic rings. The first-order valence-corrected chi connectivity index (χ1v) is 7.39. The van der Waals surface area contributed by atoms with Gasteiger partial charge in [-0.3, -0.25) is 0 Å². The average Bonchev–Trinajstić information content (AvgIpc) is 3.13. The smallest absolute Gasteiger partial charge is 0.227 e. The molecule has 2 rings (SSSR count). The van der Waals surface area contributed by atoms with Crippen LogP contribution in [0.15, 0.2) is 36.3 Å². The second-order valence-electron chi connectivity index (χ2n) is 4.43. The minimum atomic E-state index is -3.36. The van der Waals surface area contributed by atoms with Gasteiger partial charge in [-0.25, -0.2) is 18.4 Å². The lowest BCUT2D eigenvalue weighted by molar-refractivity contribution is 0.500. The first kappa shape index (κ1) is 12.2. The van der Waals surface area contributed by atoms with Crippen LogP contribution in [0.2, 0.25) is 0 Å². The maximum Gasteiger partial charge on any atom is 0.247 e. The Morgan fingerprint density at radius 1 is 1.41 bits per heavy atom. The van der Waals surface area contributed by atoms with E-state index in [1.54, 1.807) is 12.1 Å². The largest absolute Gasteiger partial charge is 0.247 e. The van der Waals surface area contributed by atoms with E-state index in [0.29, 0.717) is 5.92 Å². The molecule has 0 amide bonds. The summed E-state index contributed by atoms with van der Waals surface area (Å²) in [5.74, 6) is 0.834. The second-order valence-corrected chi connectivity index (χ2v) is 6.36. The Balaban J connectivity index is 2.13. The number of aromatic nitrogens is 2. The summed E-state index contributed by atoms with van der Waals surface area (Å²) in [7, 11) is -3.36. The second kappa shape index (κ2) is 4.96. The van der Waals surface area contributed by atoms with Crippen molar-refractivity contribution in [3.63, 3.8) is 0 Å². The molecule has 0 saturated heterocycles. The molecule has 1 atom stereocenters. The summed E-state index contributed by atoms with van der Waals surface area (Å²) < 4.78 is 24.2. The molecule has 5 heteroatoms. The van der Waals surface area contributed by atoms with Gasteiger partial charge in [-0.15, -0.1) is 6.58 Å². The molecule has 0 spiro atoms. The van der Waals surface area contributed by atoms with Crippen LogP contribution in [0.25, 0.3) is 0 Å². The van der Waals surface area contributed by atoms with Crippen molar-refractivity contribution in [2.75, 3.05) is 5.75 Å². The van der Waals surface area contributed by atoms with Gasteiger partial charge in [-0.05, 0) is 37.2 Å². The van der Waals surface area contributed by atoms with Gasteiger partial charge in [0.2, 0.25) is 15.0 Å². The zero-order valence-corrected chi connectivity index (χ0v) is 10.4. The third kappa shape index (κ3) is 3.12. The zero-order valence-electron chi connectivity index (χ0n) is 9.62. The van der Waals surface area contributed by atoms with Crippen molar-refractivity contribution in [1.29, 1.82) is 0 Å². The van der Waals surface area contributed by atoms with E-state index < -0.39 is 9.84 Å². The summed E-state index contributed by atoms with van der Waals surface area (Å²) in [6.07, 6.45) is 7.72. The highest BCUT2D eigenvalue weighted by atomic mass is 32.2. The molecule has 1 heterocycles. The quantitative estimate of drug-likeness (QED) is 0.572. The SMILES string of the molecule is C=CC[C@@H](CS(=O)(=O)c1ncccn1)C1CC1. The van der Waals surface area contributed by atoms with Crippen molar-refractivity contribution in [3.05, 3.63) is 31.1 Å². The molecule has 1 fully saturated rings. The summed E-state index contributed by atoms with van der Waals surface area (Å²) >= 11 is 0. The molecule has 0 unspecified atom stereocenters. The van der Waals surface area contributed by atoms with Crippen molar-refractivity contribution < 1.29 is 8.42 Å². The van der Waals surface area contributed by atoms with Crippen LogP contribution in [0.3, 0.4) is 0 Å². The molecule has 0 aliphatic heterocycles. The van der Waals surface area contributed by atoms with Crippen LogP contribution in [0, 0.1) is 11.8 Å². The minimum Gasteiger partial charge on any atom is -0.227 e. The van der Waals surface area contributed by atoms with Gasteiger partial charge in [0.05, 0.1) is 5.75 Å². The lowest BCUT2D eigenvalue weighted by atomic mass is 10.0. The van der Waals surface area contributed by atoms with Crippen LogP contribution in [-0.4, -0.2) is 24.1 Å². The van der Waals surface area contributed by atoms with Crippen LogP contribution in [0.4, 0.5) is 0 Å². The highest BCUT2D eigenvalue weighted by molar-refractivity contribution is 7.91. The van der Waals surface area contributed by atoms with E-state index in [1.807, 2.05) is 0 Å². The Labute approximate surface area is 102 Å². The molecular weight excluding hydrogens is 236 g/mol. The third-order valence-corrected chi connectivity index (χ3v) is 4.65. The normalized spacial score (nSPS) is 17.6. The van der Waals surface area contributed by atoms with Crippen molar-refractivity contribution in [2.45, 2.75) is 24.4 Å². The first-order chi connectivity index (χ1) is 8.13. The van der Waals surface area contributed by atoms with E-state index in [1.165, 1.54) is 12.4 Å². The van der Waals surface area contributed by atoms with E-state index >= 15 is 0 Å².